The molecular weight excluding hydrogens is 410 g/mol. The summed E-state index contributed by atoms with van der Waals surface area (Å²) in [7, 11) is 3.24. The summed E-state index contributed by atoms with van der Waals surface area (Å²) < 4.78 is 16.1. The average molecular weight is 435 g/mol. The molecule has 0 amide bonds. The molecule has 0 aromatic heterocycles. The molecular formula is C25H25NO6. The molecule has 0 saturated carbocycles. The Balaban J connectivity index is 1.66. The molecule has 0 aliphatic rings. The quantitative estimate of drug-likeness (QED) is 0.276. The molecule has 0 saturated heterocycles. The highest BCUT2D eigenvalue weighted by atomic mass is 16.6. The maximum atomic E-state index is 10.9. The number of ether oxygens (including phenoxy) is 3. The molecule has 0 radical (unpaired) electrons. The molecule has 166 valence electrons. The molecule has 0 spiro atoms. The number of rotatable bonds is 11. The van der Waals surface area contributed by atoms with Gasteiger partial charge in [-0.2, -0.15) is 0 Å². The standard InChI is InChI=1S/C25H25NO6/c1-29-21-10-6-19(7-11-21)25(20-8-12-22(30-2)13-9-20)26-32-15-14-31-23-5-3-4-18(16-23)17-24(27)28/h3-13,16H,14-15,17H2,1-2H3,(H,27,28). The largest absolute Gasteiger partial charge is 0.497 e. The number of aliphatic carboxylic acids is 1. The Labute approximate surface area is 186 Å². The van der Waals surface area contributed by atoms with Gasteiger partial charge in [0.15, 0.2) is 6.61 Å². The van der Waals surface area contributed by atoms with Crippen LogP contribution in [0.5, 0.6) is 17.2 Å². The Morgan fingerprint density at radius 3 is 1.94 bits per heavy atom. The van der Waals surface area contributed by atoms with Crippen LogP contribution in [0.1, 0.15) is 16.7 Å². The summed E-state index contributed by atoms with van der Waals surface area (Å²) in [5, 5.41) is 13.3. The zero-order chi connectivity index (χ0) is 22.8. The second kappa shape index (κ2) is 11.4. The van der Waals surface area contributed by atoms with Crippen LogP contribution in [-0.4, -0.2) is 44.2 Å². The number of benzene rings is 3. The minimum atomic E-state index is -0.885. The smallest absolute Gasteiger partial charge is 0.307 e. The molecule has 0 aliphatic carbocycles. The van der Waals surface area contributed by atoms with Gasteiger partial charge in [0.05, 0.1) is 20.6 Å². The van der Waals surface area contributed by atoms with Gasteiger partial charge in [0.25, 0.3) is 0 Å². The van der Waals surface area contributed by atoms with Crippen molar-refractivity contribution in [3.05, 3.63) is 89.5 Å². The molecule has 0 heterocycles. The highest BCUT2D eigenvalue weighted by Crippen LogP contribution is 2.19. The minimum Gasteiger partial charge on any atom is -0.497 e. The molecule has 0 atom stereocenters. The van der Waals surface area contributed by atoms with Crippen molar-refractivity contribution in [2.75, 3.05) is 27.4 Å². The highest BCUT2D eigenvalue weighted by Gasteiger charge is 2.09. The van der Waals surface area contributed by atoms with Gasteiger partial charge in [-0.3, -0.25) is 4.79 Å². The molecule has 1 N–H and O–H groups in total. The minimum absolute atomic E-state index is 0.0505. The Morgan fingerprint density at radius 2 is 1.41 bits per heavy atom. The van der Waals surface area contributed by atoms with Crippen LogP contribution >= 0.6 is 0 Å². The summed E-state index contributed by atoms with van der Waals surface area (Å²) in [6.07, 6.45) is -0.0505. The maximum Gasteiger partial charge on any atom is 0.307 e. The fourth-order valence-electron chi connectivity index (χ4n) is 3.00. The summed E-state index contributed by atoms with van der Waals surface area (Å²) in [6.45, 7) is 0.484. The van der Waals surface area contributed by atoms with E-state index in [-0.39, 0.29) is 19.6 Å². The van der Waals surface area contributed by atoms with Crippen molar-refractivity contribution in [3.8, 4) is 17.2 Å². The van der Waals surface area contributed by atoms with Crippen molar-refractivity contribution in [1.29, 1.82) is 0 Å². The Morgan fingerprint density at radius 1 is 0.812 bits per heavy atom. The zero-order valence-electron chi connectivity index (χ0n) is 18.0. The first-order valence-electron chi connectivity index (χ1n) is 10.0. The number of carboxylic acid groups (broad SMARTS) is 1. The normalized spacial score (nSPS) is 10.2. The van der Waals surface area contributed by atoms with Crippen molar-refractivity contribution in [2.45, 2.75) is 6.42 Å². The van der Waals surface area contributed by atoms with Crippen molar-refractivity contribution >= 4 is 11.7 Å². The summed E-state index contributed by atoms with van der Waals surface area (Å²) in [6, 6.07) is 22.1. The number of oxime groups is 1. The summed E-state index contributed by atoms with van der Waals surface area (Å²) >= 11 is 0. The van der Waals surface area contributed by atoms with Crippen LogP contribution in [0, 0.1) is 0 Å². The highest BCUT2D eigenvalue weighted by molar-refractivity contribution is 6.12. The lowest BCUT2D eigenvalue weighted by molar-refractivity contribution is -0.136. The third-order valence-electron chi connectivity index (χ3n) is 4.58. The van der Waals surface area contributed by atoms with Crippen molar-refractivity contribution in [1.82, 2.24) is 0 Å². The lowest BCUT2D eigenvalue weighted by Crippen LogP contribution is -2.08. The van der Waals surface area contributed by atoms with Gasteiger partial charge in [0, 0.05) is 11.1 Å². The van der Waals surface area contributed by atoms with E-state index < -0.39 is 5.97 Å². The molecule has 32 heavy (non-hydrogen) atoms. The topological polar surface area (TPSA) is 86.6 Å². The van der Waals surface area contributed by atoms with Crippen LogP contribution in [0.25, 0.3) is 0 Å². The average Bonchev–Trinajstić information content (AvgIpc) is 2.81. The molecule has 0 bridgehead atoms. The van der Waals surface area contributed by atoms with Gasteiger partial charge in [-0.15, -0.1) is 0 Å². The molecule has 0 unspecified atom stereocenters. The molecule has 0 fully saturated rings. The number of nitrogens with zero attached hydrogens (tertiary/aromatic N) is 1. The van der Waals surface area contributed by atoms with E-state index >= 15 is 0 Å². The lowest BCUT2D eigenvalue weighted by atomic mass is 10.0. The lowest BCUT2D eigenvalue weighted by Gasteiger charge is -2.10. The Bertz CT molecular complexity index is 995. The monoisotopic (exact) mass is 435 g/mol. The number of carboxylic acids is 1. The van der Waals surface area contributed by atoms with Gasteiger partial charge in [-0.1, -0.05) is 17.3 Å². The van der Waals surface area contributed by atoms with Crippen LogP contribution in [0.4, 0.5) is 0 Å². The van der Waals surface area contributed by atoms with Crippen LogP contribution in [0.2, 0.25) is 0 Å². The molecule has 3 rings (SSSR count). The van der Waals surface area contributed by atoms with Gasteiger partial charge >= 0.3 is 5.97 Å². The first-order chi connectivity index (χ1) is 15.6. The van der Waals surface area contributed by atoms with E-state index in [0.717, 1.165) is 22.6 Å². The SMILES string of the molecule is COc1ccc(C(=NOCCOc2cccc(CC(=O)O)c2)c2ccc(OC)cc2)cc1. The van der Waals surface area contributed by atoms with E-state index in [1.807, 2.05) is 48.5 Å². The van der Waals surface area contributed by atoms with E-state index in [1.54, 1.807) is 38.5 Å². The number of hydrogen-bond acceptors (Lipinski definition) is 6. The molecule has 3 aromatic carbocycles. The molecule has 7 heteroatoms. The third-order valence-corrected chi connectivity index (χ3v) is 4.58. The van der Waals surface area contributed by atoms with Gasteiger partial charge < -0.3 is 24.2 Å². The van der Waals surface area contributed by atoms with Gasteiger partial charge in [-0.25, -0.2) is 0 Å². The van der Waals surface area contributed by atoms with Crippen LogP contribution in [0.15, 0.2) is 78.0 Å². The zero-order valence-corrected chi connectivity index (χ0v) is 18.0. The van der Waals surface area contributed by atoms with Crippen molar-refractivity contribution in [3.63, 3.8) is 0 Å². The van der Waals surface area contributed by atoms with E-state index in [0.29, 0.717) is 17.0 Å². The van der Waals surface area contributed by atoms with Crippen molar-refractivity contribution < 1.29 is 28.9 Å². The Kier molecular flexibility index (Phi) is 8.09. The second-order valence-corrected chi connectivity index (χ2v) is 6.80. The van der Waals surface area contributed by atoms with E-state index in [1.165, 1.54) is 0 Å². The van der Waals surface area contributed by atoms with Gasteiger partial charge in [0.1, 0.15) is 29.6 Å². The summed E-state index contributed by atoms with van der Waals surface area (Å²) in [5.74, 6) is 1.20. The van der Waals surface area contributed by atoms with E-state index in [9.17, 15) is 4.79 Å². The van der Waals surface area contributed by atoms with Crippen LogP contribution < -0.4 is 14.2 Å². The predicted molar refractivity (Wildman–Crippen MR) is 121 cm³/mol. The number of methoxy groups -OCH3 is 2. The number of hydrogen-bond donors (Lipinski definition) is 1. The molecule has 3 aromatic rings. The van der Waals surface area contributed by atoms with E-state index in [2.05, 4.69) is 5.16 Å². The van der Waals surface area contributed by atoms with Crippen LogP contribution in [-0.2, 0) is 16.1 Å². The fourth-order valence-corrected chi connectivity index (χ4v) is 3.00. The summed E-state index contributed by atoms with van der Waals surface area (Å²) in [5.41, 5.74) is 3.09. The number of carbonyl (C=O) groups is 1. The first-order valence-corrected chi connectivity index (χ1v) is 10.0. The predicted octanol–water partition coefficient (Wildman–Crippen LogP) is 4.18. The fraction of sp³-hybridized carbons (Fsp3) is 0.200. The molecule has 0 aliphatic heterocycles. The summed E-state index contributed by atoms with van der Waals surface area (Å²) in [4.78, 5) is 16.4. The van der Waals surface area contributed by atoms with Crippen molar-refractivity contribution in [2.24, 2.45) is 5.16 Å². The third kappa shape index (κ3) is 6.50. The van der Waals surface area contributed by atoms with E-state index in [4.69, 9.17) is 24.2 Å². The van der Waals surface area contributed by atoms with Crippen LogP contribution in [0.3, 0.4) is 0 Å². The maximum absolute atomic E-state index is 10.9. The molecule has 7 nitrogen and oxygen atoms in total. The van der Waals surface area contributed by atoms with Gasteiger partial charge in [-0.05, 0) is 66.2 Å². The van der Waals surface area contributed by atoms with Gasteiger partial charge in [0.2, 0.25) is 0 Å². The Hall–Kier alpha value is -4.00. The first kappa shape index (κ1) is 22.7. The second-order valence-electron chi connectivity index (χ2n) is 6.80.